The number of rotatable bonds is 5. The average Bonchev–Trinajstić information content (AvgIpc) is 2.67. The first kappa shape index (κ1) is 22.6. The fourth-order valence-electron chi connectivity index (χ4n) is 3.26. The van der Waals surface area contributed by atoms with Gasteiger partial charge < -0.3 is 9.64 Å². The number of carbonyl (C=O) groups excluding carboxylic acids is 1. The Morgan fingerprint density at radius 1 is 1.38 bits per heavy atom. The van der Waals surface area contributed by atoms with Crippen LogP contribution in [0.15, 0.2) is 53.4 Å². The predicted molar refractivity (Wildman–Crippen MR) is 117 cm³/mol. The quantitative estimate of drug-likeness (QED) is 0.602. The van der Waals surface area contributed by atoms with Gasteiger partial charge in [0.15, 0.2) is 5.71 Å². The third kappa shape index (κ3) is 5.03. The minimum atomic E-state index is -0.444. The monoisotopic (exact) mass is 398 g/mol. The van der Waals surface area contributed by atoms with Gasteiger partial charge >= 0.3 is 5.97 Å². The molecule has 1 aliphatic heterocycles. The first-order chi connectivity index (χ1) is 13.9. The van der Waals surface area contributed by atoms with Crippen molar-refractivity contribution in [3.05, 3.63) is 65.4 Å². The first-order valence-corrected chi connectivity index (χ1v) is 10.3. The molecule has 2 aliphatic rings. The largest absolute Gasteiger partial charge is 0.461 e. The Hall–Kier alpha value is -2.69. The Kier molecular flexibility index (Phi) is 7.94. The van der Waals surface area contributed by atoms with Crippen LogP contribution in [0.4, 0.5) is 4.39 Å². The Bertz CT molecular complexity index is 864. The highest BCUT2D eigenvalue weighted by Gasteiger charge is 2.30. The number of hydrogen-bond acceptors (Lipinski definition) is 4. The van der Waals surface area contributed by atoms with Crippen molar-refractivity contribution in [2.45, 2.75) is 47.0 Å². The van der Waals surface area contributed by atoms with E-state index < -0.39 is 5.97 Å². The second kappa shape index (κ2) is 10.2. The van der Waals surface area contributed by atoms with Gasteiger partial charge in [0.25, 0.3) is 0 Å². The fraction of sp³-hybridized carbons (Fsp3) is 0.417. The topological polar surface area (TPSA) is 41.9 Å². The van der Waals surface area contributed by atoms with Crippen molar-refractivity contribution < 1.29 is 13.9 Å². The zero-order valence-corrected chi connectivity index (χ0v) is 18.1. The molecule has 1 aromatic carbocycles. The third-order valence-electron chi connectivity index (χ3n) is 5.10. The molecular formula is C24H31FN2O2. The molecule has 0 bridgehead atoms. The Labute approximate surface area is 173 Å². The smallest absolute Gasteiger partial charge is 0.357 e. The molecule has 29 heavy (non-hydrogen) atoms. The van der Waals surface area contributed by atoms with Crippen LogP contribution >= 0.6 is 0 Å². The van der Waals surface area contributed by atoms with Crippen LogP contribution in [-0.4, -0.2) is 30.2 Å². The molecule has 0 unspecified atom stereocenters. The highest BCUT2D eigenvalue weighted by atomic mass is 19.1. The molecule has 0 radical (unpaired) electrons. The third-order valence-corrected chi connectivity index (χ3v) is 5.10. The molecular weight excluding hydrogens is 367 g/mol. The van der Waals surface area contributed by atoms with Crippen LogP contribution in [0.3, 0.4) is 0 Å². The van der Waals surface area contributed by atoms with Gasteiger partial charge in [-0.15, -0.1) is 0 Å². The van der Waals surface area contributed by atoms with Gasteiger partial charge in [0.1, 0.15) is 11.6 Å². The lowest BCUT2D eigenvalue weighted by atomic mass is 9.81. The number of aryl methyl sites for hydroxylation is 1. The first-order valence-electron chi connectivity index (χ1n) is 10.3. The van der Waals surface area contributed by atoms with Gasteiger partial charge in [-0.2, -0.15) is 0 Å². The van der Waals surface area contributed by atoms with Gasteiger partial charge in [0.05, 0.1) is 6.61 Å². The molecule has 0 spiro atoms. The van der Waals surface area contributed by atoms with Gasteiger partial charge in [-0.05, 0) is 55.9 Å². The molecule has 0 saturated heterocycles. The zero-order chi connectivity index (χ0) is 21.6. The molecule has 5 heteroatoms. The van der Waals surface area contributed by atoms with E-state index in [-0.39, 0.29) is 11.5 Å². The number of nitrogens with zero attached hydrogens (tertiary/aromatic N) is 2. The minimum Gasteiger partial charge on any atom is -0.461 e. The van der Waals surface area contributed by atoms with Crippen LogP contribution < -0.4 is 0 Å². The highest BCUT2D eigenvalue weighted by molar-refractivity contribution is 6.41. The molecule has 1 aliphatic carbocycles. The second-order valence-corrected chi connectivity index (χ2v) is 6.94. The maximum atomic E-state index is 14.5. The summed E-state index contributed by atoms with van der Waals surface area (Å²) < 4.78 is 19.6. The lowest BCUT2D eigenvalue weighted by molar-refractivity contribution is -0.134. The van der Waals surface area contributed by atoms with E-state index in [1.807, 2.05) is 31.9 Å². The van der Waals surface area contributed by atoms with Crippen LogP contribution in [-0.2, 0) is 9.53 Å². The second-order valence-electron chi connectivity index (χ2n) is 6.94. The molecule has 1 fully saturated rings. The van der Waals surface area contributed by atoms with Gasteiger partial charge in [0.2, 0.25) is 0 Å². The van der Waals surface area contributed by atoms with E-state index in [4.69, 9.17) is 4.74 Å². The van der Waals surface area contributed by atoms with Crippen molar-refractivity contribution in [3.63, 3.8) is 0 Å². The summed E-state index contributed by atoms with van der Waals surface area (Å²) in [4.78, 5) is 18.7. The molecule has 1 heterocycles. The molecule has 0 aromatic heterocycles. The van der Waals surface area contributed by atoms with E-state index in [1.165, 1.54) is 6.42 Å². The number of halogens is 1. The summed E-state index contributed by atoms with van der Waals surface area (Å²) in [6, 6.07) is 5.22. The van der Waals surface area contributed by atoms with Crippen LogP contribution in [0.2, 0.25) is 0 Å². The summed E-state index contributed by atoms with van der Waals surface area (Å²) in [6.45, 7) is 11.8. The summed E-state index contributed by atoms with van der Waals surface area (Å²) in [7, 11) is 1.92. The summed E-state index contributed by atoms with van der Waals surface area (Å²) in [5.74, 6) is 0.235. The van der Waals surface area contributed by atoms with E-state index in [0.29, 0.717) is 35.0 Å². The van der Waals surface area contributed by atoms with Gasteiger partial charge in [-0.1, -0.05) is 45.0 Å². The van der Waals surface area contributed by atoms with Gasteiger partial charge in [-0.25, -0.2) is 14.2 Å². The number of hydrogen-bond donors (Lipinski definition) is 0. The van der Waals surface area contributed by atoms with Crippen molar-refractivity contribution in [1.82, 2.24) is 4.90 Å². The van der Waals surface area contributed by atoms with Crippen LogP contribution in [0.25, 0.3) is 5.57 Å². The zero-order valence-electron chi connectivity index (χ0n) is 18.1. The number of carbonyl (C=O) groups is 1. The predicted octanol–water partition coefficient (Wildman–Crippen LogP) is 5.65. The summed E-state index contributed by atoms with van der Waals surface area (Å²) >= 11 is 0. The Balaban J connectivity index is 0.00000145. The van der Waals surface area contributed by atoms with Crippen molar-refractivity contribution in [2.24, 2.45) is 10.9 Å². The van der Waals surface area contributed by atoms with E-state index in [9.17, 15) is 9.18 Å². The summed E-state index contributed by atoms with van der Waals surface area (Å²) in [5, 5.41) is 0. The highest BCUT2D eigenvalue weighted by Crippen LogP contribution is 2.38. The normalized spacial score (nSPS) is 17.6. The Morgan fingerprint density at radius 2 is 2.07 bits per heavy atom. The molecule has 0 atom stereocenters. The number of aliphatic imine (C=N–C) groups is 1. The maximum absolute atomic E-state index is 14.5. The van der Waals surface area contributed by atoms with E-state index in [0.717, 1.165) is 18.5 Å². The number of benzene rings is 1. The average molecular weight is 399 g/mol. The SMILES string of the molecule is C=C(/C=C1/N=C(C(=O)OCC)C=C(C2CCC2)N1C)c1cccc(C)c1F.CC. The number of ether oxygens (including phenoxy) is 1. The molecule has 3 rings (SSSR count). The summed E-state index contributed by atoms with van der Waals surface area (Å²) in [6.07, 6.45) is 6.90. The maximum Gasteiger partial charge on any atom is 0.357 e. The van der Waals surface area contributed by atoms with Crippen LogP contribution in [0.5, 0.6) is 0 Å². The number of esters is 1. The number of allylic oxidation sites excluding steroid dienone is 3. The molecule has 0 amide bonds. The molecule has 0 N–H and O–H groups in total. The van der Waals surface area contributed by atoms with Crippen molar-refractivity contribution in [3.8, 4) is 0 Å². The standard InChI is InChI=1S/C22H25FN2O2.C2H6/c1-5-27-22(26)18-13-19(16-9-7-10-16)25(4)20(24-18)12-15(3)17-11-6-8-14(2)21(17)23;1-2/h6,8,11-13,16H,3,5,7,9-10H2,1-2,4H3;1-2H3/b20-12-;. The molecule has 4 nitrogen and oxygen atoms in total. The fourth-order valence-corrected chi connectivity index (χ4v) is 3.26. The lowest BCUT2D eigenvalue weighted by Gasteiger charge is -2.36. The van der Waals surface area contributed by atoms with Crippen molar-refractivity contribution >= 4 is 17.3 Å². The van der Waals surface area contributed by atoms with Crippen molar-refractivity contribution in [2.75, 3.05) is 13.7 Å². The van der Waals surface area contributed by atoms with Crippen LogP contribution in [0.1, 0.15) is 51.2 Å². The van der Waals surface area contributed by atoms with Gasteiger partial charge in [0, 0.05) is 18.3 Å². The van der Waals surface area contributed by atoms with E-state index in [2.05, 4.69) is 11.6 Å². The lowest BCUT2D eigenvalue weighted by Crippen LogP contribution is -2.32. The summed E-state index contributed by atoms with van der Waals surface area (Å²) in [5.41, 5.74) is 2.84. The minimum absolute atomic E-state index is 0.278. The Morgan fingerprint density at radius 3 is 2.66 bits per heavy atom. The van der Waals surface area contributed by atoms with E-state index in [1.54, 1.807) is 38.1 Å². The molecule has 1 aromatic rings. The molecule has 1 saturated carbocycles. The van der Waals surface area contributed by atoms with E-state index >= 15 is 0 Å². The van der Waals surface area contributed by atoms with Crippen molar-refractivity contribution in [1.29, 1.82) is 0 Å². The van der Waals surface area contributed by atoms with Gasteiger partial charge in [-0.3, -0.25) is 0 Å². The molecule has 156 valence electrons. The van der Waals surface area contributed by atoms with Crippen LogP contribution in [0, 0.1) is 18.7 Å².